The van der Waals surface area contributed by atoms with Crippen molar-refractivity contribution in [1.82, 2.24) is 0 Å². The minimum Gasteiger partial charge on any atom is -0.383 e. The van der Waals surface area contributed by atoms with Crippen LogP contribution in [0.2, 0.25) is 0 Å². The molecule has 1 fully saturated rings. The predicted octanol–water partition coefficient (Wildman–Crippen LogP) is 0.857. The van der Waals surface area contributed by atoms with E-state index in [0.29, 0.717) is 0 Å². The molecule has 0 radical (unpaired) electrons. The Morgan fingerprint density at radius 3 is 2.90 bits per heavy atom. The number of methoxy groups -OCH3 is 1. The van der Waals surface area contributed by atoms with Gasteiger partial charge in [-0.3, -0.25) is 0 Å². The maximum absolute atomic E-state index is 5.65. The smallest absolute Gasteiger partial charge is 0.0621 e. The Bertz CT molecular complexity index is 102. The summed E-state index contributed by atoms with van der Waals surface area (Å²) in [6, 6.07) is 0. The van der Waals surface area contributed by atoms with Crippen molar-refractivity contribution >= 4 is 11.8 Å². The molecule has 1 unspecified atom stereocenters. The van der Waals surface area contributed by atoms with Gasteiger partial charge in [0, 0.05) is 13.7 Å². The molecule has 0 spiro atoms. The minimum atomic E-state index is 0.259. The molecule has 3 heteroatoms. The Kier molecular flexibility index (Phi) is 3.01. The Labute approximate surface area is 66.5 Å². The van der Waals surface area contributed by atoms with Gasteiger partial charge in [-0.2, -0.15) is 11.8 Å². The van der Waals surface area contributed by atoms with Crippen LogP contribution in [-0.2, 0) is 4.74 Å². The van der Waals surface area contributed by atoms with Gasteiger partial charge in [-0.25, -0.2) is 0 Å². The molecule has 0 aromatic rings. The summed E-state index contributed by atoms with van der Waals surface area (Å²) >= 11 is 1.96. The van der Waals surface area contributed by atoms with Crippen molar-refractivity contribution in [1.29, 1.82) is 0 Å². The average Bonchev–Trinajstić information content (AvgIpc) is 2.39. The highest BCUT2D eigenvalue weighted by atomic mass is 32.2. The van der Waals surface area contributed by atoms with Crippen LogP contribution in [0.15, 0.2) is 0 Å². The first-order valence-electron chi connectivity index (χ1n) is 3.66. The molecule has 1 heterocycles. The summed E-state index contributed by atoms with van der Waals surface area (Å²) in [6.45, 7) is 1.57. The SMILES string of the molecule is COCC1(CN)CCCS1. The zero-order valence-corrected chi connectivity index (χ0v) is 7.25. The summed E-state index contributed by atoms with van der Waals surface area (Å²) in [6.07, 6.45) is 2.52. The van der Waals surface area contributed by atoms with Crippen molar-refractivity contribution in [3.8, 4) is 0 Å². The fraction of sp³-hybridized carbons (Fsp3) is 1.00. The molecule has 1 aliphatic rings. The van der Waals surface area contributed by atoms with Crippen molar-refractivity contribution in [2.75, 3.05) is 26.0 Å². The van der Waals surface area contributed by atoms with Gasteiger partial charge in [0.05, 0.1) is 11.4 Å². The Balaban J connectivity index is 2.41. The number of ether oxygens (including phenoxy) is 1. The van der Waals surface area contributed by atoms with Crippen molar-refractivity contribution in [2.45, 2.75) is 17.6 Å². The van der Waals surface area contributed by atoms with Crippen molar-refractivity contribution < 1.29 is 4.74 Å². The number of hydrogen-bond donors (Lipinski definition) is 1. The van der Waals surface area contributed by atoms with Crippen LogP contribution in [0.4, 0.5) is 0 Å². The van der Waals surface area contributed by atoms with E-state index in [-0.39, 0.29) is 4.75 Å². The number of thioether (sulfide) groups is 1. The lowest BCUT2D eigenvalue weighted by Crippen LogP contribution is -2.36. The topological polar surface area (TPSA) is 35.2 Å². The predicted molar refractivity (Wildman–Crippen MR) is 45.4 cm³/mol. The highest BCUT2D eigenvalue weighted by molar-refractivity contribution is 8.01. The van der Waals surface area contributed by atoms with Crippen LogP contribution in [0.1, 0.15) is 12.8 Å². The maximum Gasteiger partial charge on any atom is 0.0621 e. The van der Waals surface area contributed by atoms with E-state index in [4.69, 9.17) is 10.5 Å². The van der Waals surface area contributed by atoms with Crippen molar-refractivity contribution in [2.24, 2.45) is 5.73 Å². The Hall–Kier alpha value is 0.270. The molecule has 60 valence electrons. The number of hydrogen-bond acceptors (Lipinski definition) is 3. The molecule has 2 N–H and O–H groups in total. The number of nitrogens with two attached hydrogens (primary N) is 1. The molecule has 0 amide bonds. The largest absolute Gasteiger partial charge is 0.383 e. The van der Waals surface area contributed by atoms with Crippen molar-refractivity contribution in [3.05, 3.63) is 0 Å². The summed E-state index contributed by atoms with van der Waals surface area (Å²) in [5.41, 5.74) is 5.65. The standard InChI is InChI=1S/C7H15NOS/c1-9-6-7(5-8)3-2-4-10-7/h2-6,8H2,1H3. The zero-order chi connectivity index (χ0) is 7.45. The third-order valence-electron chi connectivity index (χ3n) is 1.96. The van der Waals surface area contributed by atoms with Gasteiger partial charge in [0.15, 0.2) is 0 Å². The monoisotopic (exact) mass is 161 g/mol. The summed E-state index contributed by atoms with van der Waals surface area (Å²) in [5.74, 6) is 1.25. The molecule has 0 aliphatic carbocycles. The van der Waals surface area contributed by atoms with Crippen LogP contribution in [0.5, 0.6) is 0 Å². The maximum atomic E-state index is 5.65. The molecule has 1 aliphatic heterocycles. The van der Waals surface area contributed by atoms with E-state index in [1.165, 1.54) is 18.6 Å². The first-order valence-corrected chi connectivity index (χ1v) is 4.64. The molecular formula is C7H15NOS. The lowest BCUT2D eigenvalue weighted by Gasteiger charge is -2.24. The third-order valence-corrected chi connectivity index (χ3v) is 3.56. The lowest BCUT2D eigenvalue weighted by molar-refractivity contribution is 0.168. The quantitative estimate of drug-likeness (QED) is 0.666. The van der Waals surface area contributed by atoms with Crippen LogP contribution in [-0.4, -0.2) is 30.8 Å². The second kappa shape index (κ2) is 3.60. The van der Waals surface area contributed by atoms with Gasteiger partial charge in [0.2, 0.25) is 0 Å². The second-order valence-corrected chi connectivity index (χ2v) is 4.34. The van der Waals surface area contributed by atoms with Gasteiger partial charge in [-0.05, 0) is 18.6 Å². The first kappa shape index (κ1) is 8.37. The first-order chi connectivity index (χ1) is 4.83. The fourth-order valence-electron chi connectivity index (χ4n) is 1.35. The van der Waals surface area contributed by atoms with Gasteiger partial charge in [0.25, 0.3) is 0 Å². The third kappa shape index (κ3) is 1.65. The summed E-state index contributed by atoms with van der Waals surface area (Å²) < 4.78 is 5.38. The molecule has 0 aromatic heterocycles. The molecule has 0 saturated carbocycles. The van der Waals surface area contributed by atoms with E-state index < -0.39 is 0 Å². The fourth-order valence-corrected chi connectivity index (χ4v) is 2.68. The summed E-state index contributed by atoms with van der Waals surface area (Å²) in [4.78, 5) is 0. The molecule has 2 nitrogen and oxygen atoms in total. The molecular weight excluding hydrogens is 146 g/mol. The second-order valence-electron chi connectivity index (χ2n) is 2.77. The van der Waals surface area contributed by atoms with E-state index >= 15 is 0 Å². The lowest BCUT2D eigenvalue weighted by atomic mass is 10.1. The molecule has 1 rings (SSSR count). The normalized spacial score (nSPS) is 33.0. The van der Waals surface area contributed by atoms with Gasteiger partial charge < -0.3 is 10.5 Å². The Morgan fingerprint density at radius 1 is 1.70 bits per heavy atom. The van der Waals surface area contributed by atoms with E-state index in [9.17, 15) is 0 Å². The molecule has 1 atom stereocenters. The van der Waals surface area contributed by atoms with Crippen LogP contribution in [0, 0.1) is 0 Å². The molecule has 1 saturated heterocycles. The van der Waals surface area contributed by atoms with Gasteiger partial charge in [-0.15, -0.1) is 0 Å². The van der Waals surface area contributed by atoms with E-state index in [1.54, 1.807) is 7.11 Å². The highest BCUT2D eigenvalue weighted by Crippen LogP contribution is 2.37. The zero-order valence-electron chi connectivity index (χ0n) is 6.43. The highest BCUT2D eigenvalue weighted by Gasteiger charge is 2.32. The molecule has 10 heavy (non-hydrogen) atoms. The van der Waals surface area contributed by atoms with E-state index in [1.807, 2.05) is 11.8 Å². The van der Waals surface area contributed by atoms with Gasteiger partial charge in [-0.1, -0.05) is 0 Å². The van der Waals surface area contributed by atoms with Gasteiger partial charge >= 0.3 is 0 Å². The summed E-state index contributed by atoms with van der Waals surface area (Å²) in [5, 5.41) is 0. The Morgan fingerprint density at radius 2 is 2.50 bits per heavy atom. The number of rotatable bonds is 3. The van der Waals surface area contributed by atoms with E-state index in [0.717, 1.165) is 13.2 Å². The van der Waals surface area contributed by atoms with Crippen LogP contribution >= 0.6 is 11.8 Å². The van der Waals surface area contributed by atoms with Crippen molar-refractivity contribution in [3.63, 3.8) is 0 Å². The molecule has 0 aromatic carbocycles. The van der Waals surface area contributed by atoms with Crippen LogP contribution in [0.25, 0.3) is 0 Å². The van der Waals surface area contributed by atoms with Crippen LogP contribution in [0.3, 0.4) is 0 Å². The van der Waals surface area contributed by atoms with Gasteiger partial charge in [0.1, 0.15) is 0 Å². The van der Waals surface area contributed by atoms with E-state index in [2.05, 4.69) is 0 Å². The van der Waals surface area contributed by atoms with Crippen LogP contribution < -0.4 is 5.73 Å². The molecule has 0 bridgehead atoms. The summed E-state index contributed by atoms with van der Waals surface area (Å²) in [7, 11) is 1.75. The minimum absolute atomic E-state index is 0.259. The average molecular weight is 161 g/mol.